The van der Waals surface area contributed by atoms with Crippen LogP contribution < -0.4 is 0 Å². The highest BCUT2D eigenvalue weighted by Gasteiger charge is 2.27. The quantitative estimate of drug-likeness (QED) is 0.631. The van der Waals surface area contributed by atoms with E-state index in [1.165, 1.54) is 0 Å². The first-order valence-corrected chi connectivity index (χ1v) is 5.06. The van der Waals surface area contributed by atoms with Crippen molar-refractivity contribution >= 4 is 5.97 Å². The molecule has 2 heteroatoms. The molecule has 0 aliphatic carbocycles. The average Bonchev–Trinajstić information content (AvgIpc) is 1.81. The third-order valence-electron chi connectivity index (χ3n) is 2.06. The third kappa shape index (κ3) is 4.30. The van der Waals surface area contributed by atoms with Crippen molar-refractivity contribution in [2.24, 2.45) is 17.8 Å². The van der Waals surface area contributed by atoms with Gasteiger partial charge < -0.3 is 4.74 Å². The number of carbonyl (C=O) groups excluding carboxylic acids is 1. The van der Waals surface area contributed by atoms with Gasteiger partial charge in [0.15, 0.2) is 0 Å². The molecule has 13 heavy (non-hydrogen) atoms. The molecule has 0 unspecified atom stereocenters. The number of hydrogen-bond acceptors (Lipinski definition) is 2. The van der Waals surface area contributed by atoms with Crippen molar-refractivity contribution in [3.8, 4) is 0 Å². The summed E-state index contributed by atoms with van der Waals surface area (Å²) < 4.78 is 5.20. The Morgan fingerprint density at radius 1 is 0.923 bits per heavy atom. The lowest BCUT2D eigenvalue weighted by Crippen LogP contribution is -2.29. The Kier molecular flexibility index (Phi) is 5.04. The van der Waals surface area contributed by atoms with Crippen LogP contribution in [0.2, 0.25) is 0 Å². The summed E-state index contributed by atoms with van der Waals surface area (Å²) in [6.45, 7) is 12.0. The Bertz CT molecular complexity index is 151. The summed E-state index contributed by atoms with van der Waals surface area (Å²) in [5.74, 6) is 0.680. The summed E-state index contributed by atoms with van der Waals surface area (Å²) in [7, 11) is 0. The minimum Gasteiger partial charge on any atom is -0.463 e. The minimum absolute atomic E-state index is 0.00694. The van der Waals surface area contributed by atoms with E-state index in [2.05, 4.69) is 27.7 Å². The van der Waals surface area contributed by atoms with Gasteiger partial charge in [-0.15, -0.1) is 0 Å². The minimum atomic E-state index is -0.0556. The second-order valence-corrected chi connectivity index (χ2v) is 4.50. The maximum absolute atomic E-state index is 11.6. The van der Waals surface area contributed by atoms with Gasteiger partial charge in [-0.05, 0) is 25.7 Å². The second-order valence-electron chi connectivity index (χ2n) is 4.50. The largest absolute Gasteiger partial charge is 0.463 e. The molecule has 0 atom stereocenters. The van der Waals surface area contributed by atoms with E-state index in [0.717, 1.165) is 0 Å². The molecule has 0 saturated carbocycles. The number of ether oxygens (including phenoxy) is 1. The summed E-state index contributed by atoms with van der Waals surface area (Å²) >= 11 is 0. The molecule has 0 amide bonds. The first-order chi connectivity index (χ1) is 5.86. The van der Waals surface area contributed by atoms with E-state index in [4.69, 9.17) is 4.74 Å². The summed E-state index contributed by atoms with van der Waals surface area (Å²) in [5.41, 5.74) is 0. The SMILES string of the molecule is CC(C)OC(=O)C(C(C)C)C(C)C. The van der Waals surface area contributed by atoms with Gasteiger partial charge in [0.2, 0.25) is 0 Å². The zero-order valence-electron chi connectivity index (χ0n) is 9.63. The Morgan fingerprint density at radius 2 is 1.31 bits per heavy atom. The van der Waals surface area contributed by atoms with Crippen LogP contribution in [-0.2, 0) is 9.53 Å². The third-order valence-corrected chi connectivity index (χ3v) is 2.06. The molecule has 0 spiro atoms. The molecule has 0 aromatic rings. The van der Waals surface area contributed by atoms with Gasteiger partial charge in [-0.1, -0.05) is 27.7 Å². The van der Waals surface area contributed by atoms with Gasteiger partial charge in [0.25, 0.3) is 0 Å². The van der Waals surface area contributed by atoms with Crippen molar-refractivity contribution in [2.75, 3.05) is 0 Å². The summed E-state index contributed by atoms with van der Waals surface area (Å²) in [4.78, 5) is 11.6. The van der Waals surface area contributed by atoms with Crippen LogP contribution in [0.3, 0.4) is 0 Å². The fraction of sp³-hybridized carbons (Fsp3) is 0.909. The van der Waals surface area contributed by atoms with Crippen molar-refractivity contribution in [1.29, 1.82) is 0 Å². The van der Waals surface area contributed by atoms with Crippen LogP contribution in [0.5, 0.6) is 0 Å². The standard InChI is InChI=1S/C11H22O2/c1-7(2)10(8(3)4)11(12)13-9(5)6/h7-10H,1-6H3. The Morgan fingerprint density at radius 3 is 1.54 bits per heavy atom. The molecular formula is C11H22O2. The lowest BCUT2D eigenvalue weighted by atomic mass is 9.86. The maximum Gasteiger partial charge on any atom is 0.309 e. The van der Waals surface area contributed by atoms with Crippen LogP contribution in [0, 0.1) is 17.8 Å². The smallest absolute Gasteiger partial charge is 0.309 e. The van der Waals surface area contributed by atoms with E-state index in [1.807, 2.05) is 13.8 Å². The molecule has 2 nitrogen and oxygen atoms in total. The molecule has 0 aromatic carbocycles. The van der Waals surface area contributed by atoms with Gasteiger partial charge in [0.05, 0.1) is 12.0 Å². The van der Waals surface area contributed by atoms with Crippen LogP contribution in [0.4, 0.5) is 0 Å². The molecule has 78 valence electrons. The van der Waals surface area contributed by atoms with Crippen LogP contribution in [-0.4, -0.2) is 12.1 Å². The maximum atomic E-state index is 11.6. The van der Waals surface area contributed by atoms with Crippen molar-refractivity contribution in [2.45, 2.75) is 47.6 Å². The van der Waals surface area contributed by atoms with Crippen LogP contribution in [0.15, 0.2) is 0 Å². The van der Waals surface area contributed by atoms with Crippen molar-refractivity contribution in [3.63, 3.8) is 0 Å². The van der Waals surface area contributed by atoms with E-state index in [-0.39, 0.29) is 18.0 Å². The topological polar surface area (TPSA) is 26.3 Å². The van der Waals surface area contributed by atoms with Crippen LogP contribution in [0.25, 0.3) is 0 Å². The average molecular weight is 186 g/mol. The fourth-order valence-corrected chi connectivity index (χ4v) is 1.63. The highest BCUT2D eigenvalue weighted by molar-refractivity contribution is 5.73. The van der Waals surface area contributed by atoms with E-state index < -0.39 is 0 Å². The van der Waals surface area contributed by atoms with Crippen molar-refractivity contribution in [1.82, 2.24) is 0 Å². The van der Waals surface area contributed by atoms with Gasteiger partial charge in [-0.3, -0.25) is 4.79 Å². The van der Waals surface area contributed by atoms with E-state index in [0.29, 0.717) is 11.8 Å². The Balaban J connectivity index is 4.29. The molecule has 0 fully saturated rings. The summed E-state index contributed by atoms with van der Waals surface area (Å²) in [5, 5.41) is 0. The van der Waals surface area contributed by atoms with Gasteiger partial charge in [0, 0.05) is 0 Å². The fourth-order valence-electron chi connectivity index (χ4n) is 1.63. The summed E-state index contributed by atoms with van der Waals surface area (Å²) in [6, 6.07) is 0. The van der Waals surface area contributed by atoms with Gasteiger partial charge in [-0.2, -0.15) is 0 Å². The monoisotopic (exact) mass is 186 g/mol. The molecule has 0 aliphatic heterocycles. The van der Waals surface area contributed by atoms with Gasteiger partial charge >= 0.3 is 5.97 Å². The molecule has 0 rings (SSSR count). The highest BCUT2D eigenvalue weighted by Crippen LogP contribution is 2.22. The van der Waals surface area contributed by atoms with E-state index in [1.54, 1.807) is 0 Å². The number of carbonyl (C=O) groups is 1. The first-order valence-electron chi connectivity index (χ1n) is 5.06. The summed E-state index contributed by atoms with van der Waals surface area (Å²) in [6.07, 6.45) is -0.00694. The molecule has 0 aliphatic rings. The highest BCUT2D eigenvalue weighted by atomic mass is 16.5. The lowest BCUT2D eigenvalue weighted by molar-refractivity contribution is -0.155. The zero-order chi connectivity index (χ0) is 10.6. The molecule has 0 bridgehead atoms. The van der Waals surface area contributed by atoms with Gasteiger partial charge in [0.1, 0.15) is 0 Å². The van der Waals surface area contributed by atoms with Crippen molar-refractivity contribution in [3.05, 3.63) is 0 Å². The lowest BCUT2D eigenvalue weighted by Gasteiger charge is -2.23. The Hall–Kier alpha value is -0.530. The number of esters is 1. The molecule has 0 N–H and O–H groups in total. The predicted octanol–water partition coefficient (Wildman–Crippen LogP) is 2.87. The van der Waals surface area contributed by atoms with E-state index in [9.17, 15) is 4.79 Å². The molecule has 0 heterocycles. The molecular weight excluding hydrogens is 164 g/mol. The number of rotatable bonds is 4. The molecule has 0 saturated heterocycles. The molecule has 0 radical (unpaired) electrons. The number of hydrogen-bond donors (Lipinski definition) is 0. The van der Waals surface area contributed by atoms with Gasteiger partial charge in [-0.25, -0.2) is 0 Å². The predicted molar refractivity (Wildman–Crippen MR) is 54.4 cm³/mol. The van der Waals surface area contributed by atoms with Crippen LogP contribution >= 0.6 is 0 Å². The zero-order valence-corrected chi connectivity index (χ0v) is 9.63. The van der Waals surface area contributed by atoms with Crippen molar-refractivity contribution < 1.29 is 9.53 Å². The molecule has 0 aromatic heterocycles. The Labute approximate surface area is 81.7 Å². The second kappa shape index (κ2) is 5.25. The van der Waals surface area contributed by atoms with E-state index >= 15 is 0 Å². The van der Waals surface area contributed by atoms with Crippen LogP contribution in [0.1, 0.15) is 41.5 Å². The normalized spacial score (nSPS) is 11.8. The first kappa shape index (κ1) is 12.5.